The lowest BCUT2D eigenvalue weighted by Gasteiger charge is -2.32. The van der Waals surface area contributed by atoms with Crippen LogP contribution in [-0.2, 0) is 11.0 Å². The van der Waals surface area contributed by atoms with Crippen LogP contribution in [-0.4, -0.2) is 52.3 Å². The summed E-state index contributed by atoms with van der Waals surface area (Å²) in [6.45, 7) is 9.45. The van der Waals surface area contributed by atoms with Crippen LogP contribution >= 0.6 is 0 Å². The maximum atomic E-state index is 13.8. The van der Waals surface area contributed by atoms with Crippen molar-refractivity contribution in [2.45, 2.75) is 104 Å². The van der Waals surface area contributed by atoms with E-state index in [2.05, 4.69) is 39.4 Å². The molecular formula is C29H46F3N7O. The SMILES string of the molecule is CCCC(CCC)N/C=C(\C(N)=N\c1ncc(C(F)(F)F)c(NCC(C)(C)CN2CCCCCC2=O)n1)C1CC1. The average Bonchev–Trinajstić information content (AvgIpc) is 3.72. The molecule has 3 rings (SSSR count). The summed E-state index contributed by atoms with van der Waals surface area (Å²) in [5.41, 5.74) is 5.75. The number of carbonyl (C=O) groups excluding carboxylic acids is 1. The van der Waals surface area contributed by atoms with Crippen molar-refractivity contribution in [3.8, 4) is 0 Å². The number of nitrogens with two attached hydrogens (primary N) is 1. The summed E-state index contributed by atoms with van der Waals surface area (Å²) in [6, 6.07) is 0.336. The van der Waals surface area contributed by atoms with Crippen molar-refractivity contribution in [2.75, 3.05) is 25.0 Å². The topological polar surface area (TPSA) is 109 Å². The van der Waals surface area contributed by atoms with Gasteiger partial charge in [0.15, 0.2) is 0 Å². The molecule has 1 aliphatic heterocycles. The number of rotatable bonds is 14. The summed E-state index contributed by atoms with van der Waals surface area (Å²) in [7, 11) is 0. The number of hydrogen-bond acceptors (Lipinski definition) is 6. The fourth-order valence-corrected chi connectivity index (χ4v) is 5.05. The molecule has 0 aromatic carbocycles. The van der Waals surface area contributed by atoms with E-state index in [0.29, 0.717) is 25.6 Å². The molecule has 4 N–H and O–H groups in total. The molecule has 8 nitrogen and oxygen atoms in total. The lowest BCUT2D eigenvalue weighted by molar-refractivity contribution is -0.137. The lowest BCUT2D eigenvalue weighted by Crippen LogP contribution is -2.41. The predicted molar refractivity (Wildman–Crippen MR) is 153 cm³/mol. The van der Waals surface area contributed by atoms with Gasteiger partial charge in [-0.15, -0.1) is 0 Å². The number of hydrogen-bond donors (Lipinski definition) is 3. The van der Waals surface area contributed by atoms with Gasteiger partial charge in [-0.05, 0) is 49.9 Å². The summed E-state index contributed by atoms with van der Waals surface area (Å²) in [5, 5.41) is 6.35. The number of alkyl halides is 3. The quantitative estimate of drug-likeness (QED) is 0.184. The third-order valence-corrected chi connectivity index (χ3v) is 7.39. The number of nitrogens with zero attached hydrogens (tertiary/aromatic N) is 4. The molecule has 1 amide bonds. The smallest absolute Gasteiger partial charge is 0.388 e. The Hall–Kier alpha value is -2.85. The number of likely N-dealkylation sites (tertiary alicyclic amines) is 1. The monoisotopic (exact) mass is 565 g/mol. The highest BCUT2D eigenvalue weighted by Crippen LogP contribution is 2.37. The van der Waals surface area contributed by atoms with Gasteiger partial charge >= 0.3 is 6.18 Å². The summed E-state index contributed by atoms with van der Waals surface area (Å²) >= 11 is 0. The van der Waals surface area contributed by atoms with Crippen LogP contribution in [0.5, 0.6) is 0 Å². The molecule has 0 bridgehead atoms. The molecule has 1 saturated heterocycles. The van der Waals surface area contributed by atoms with Gasteiger partial charge in [0.1, 0.15) is 17.2 Å². The Morgan fingerprint density at radius 3 is 2.52 bits per heavy atom. The standard InChI is InChI=1S/C29H46F3N7O/c1-5-10-21(11-6-2)34-16-22(20-13-14-20)25(33)37-27-35-17-23(29(30,31)32)26(38-27)36-18-28(3,4)19-39-15-9-7-8-12-24(39)40/h16-17,20-21,34H,5-15,18-19H2,1-4H3,(H3,33,35,36,37,38)/b22-16-. The van der Waals surface area contributed by atoms with Crippen LogP contribution < -0.4 is 16.4 Å². The number of halogens is 3. The fraction of sp³-hybridized carbons (Fsp3) is 0.724. The van der Waals surface area contributed by atoms with Crippen molar-refractivity contribution in [2.24, 2.45) is 22.1 Å². The number of nitrogens with one attached hydrogen (secondary N) is 2. The lowest BCUT2D eigenvalue weighted by atomic mass is 9.92. The largest absolute Gasteiger partial charge is 0.421 e. The molecule has 1 aromatic rings. The number of amides is 1. The molecule has 0 radical (unpaired) electrons. The molecule has 2 heterocycles. The Morgan fingerprint density at radius 2 is 1.90 bits per heavy atom. The fourth-order valence-electron chi connectivity index (χ4n) is 5.05. The first-order valence-electron chi connectivity index (χ1n) is 14.7. The van der Waals surface area contributed by atoms with Gasteiger partial charge in [-0.25, -0.2) is 4.98 Å². The summed E-state index contributed by atoms with van der Waals surface area (Å²) in [4.78, 5) is 26.6. The molecule has 1 saturated carbocycles. The molecule has 2 aliphatic rings. The molecule has 0 spiro atoms. The first-order chi connectivity index (χ1) is 18.9. The summed E-state index contributed by atoms with van der Waals surface area (Å²) in [5.74, 6) is 0.117. The maximum Gasteiger partial charge on any atom is 0.421 e. The molecule has 0 unspecified atom stereocenters. The zero-order valence-corrected chi connectivity index (χ0v) is 24.4. The van der Waals surface area contributed by atoms with Crippen molar-refractivity contribution < 1.29 is 18.0 Å². The Bertz CT molecular complexity index is 1040. The molecule has 1 aromatic heterocycles. The molecule has 40 heavy (non-hydrogen) atoms. The second-order valence-corrected chi connectivity index (χ2v) is 11.9. The van der Waals surface area contributed by atoms with E-state index >= 15 is 0 Å². The van der Waals surface area contributed by atoms with Gasteiger partial charge in [0, 0.05) is 50.1 Å². The maximum absolute atomic E-state index is 13.8. The van der Waals surface area contributed by atoms with E-state index in [1.165, 1.54) is 0 Å². The van der Waals surface area contributed by atoms with E-state index < -0.39 is 17.2 Å². The van der Waals surface area contributed by atoms with Gasteiger partial charge < -0.3 is 21.3 Å². The molecule has 0 atom stereocenters. The number of amidine groups is 1. The van der Waals surface area contributed by atoms with Crippen molar-refractivity contribution in [3.05, 3.63) is 23.5 Å². The van der Waals surface area contributed by atoms with E-state index in [1.807, 2.05) is 24.9 Å². The Morgan fingerprint density at radius 1 is 1.20 bits per heavy atom. The van der Waals surface area contributed by atoms with Crippen molar-refractivity contribution in [3.63, 3.8) is 0 Å². The number of carbonyl (C=O) groups is 1. The summed E-state index contributed by atoms with van der Waals surface area (Å²) in [6.07, 6.45) is 7.56. The van der Waals surface area contributed by atoms with E-state index in [9.17, 15) is 18.0 Å². The molecule has 1 aliphatic carbocycles. The van der Waals surface area contributed by atoms with Crippen LogP contribution in [0.3, 0.4) is 0 Å². The zero-order chi connectivity index (χ0) is 29.3. The van der Waals surface area contributed by atoms with Gasteiger partial charge in [-0.3, -0.25) is 4.79 Å². The Labute approximate surface area is 236 Å². The van der Waals surface area contributed by atoms with Gasteiger partial charge in [-0.2, -0.15) is 23.1 Å². The third-order valence-electron chi connectivity index (χ3n) is 7.39. The van der Waals surface area contributed by atoms with Gasteiger partial charge in [0.2, 0.25) is 5.91 Å². The minimum Gasteiger partial charge on any atom is -0.388 e. The van der Waals surface area contributed by atoms with Gasteiger partial charge in [0.25, 0.3) is 5.95 Å². The second-order valence-electron chi connectivity index (χ2n) is 11.9. The van der Waals surface area contributed by atoms with Crippen LogP contribution in [0, 0.1) is 11.3 Å². The Kier molecular flexibility index (Phi) is 11.2. The summed E-state index contributed by atoms with van der Waals surface area (Å²) < 4.78 is 41.5. The predicted octanol–water partition coefficient (Wildman–Crippen LogP) is 6.18. The molecule has 224 valence electrons. The number of aromatic nitrogens is 2. The van der Waals surface area contributed by atoms with Crippen LogP contribution in [0.25, 0.3) is 0 Å². The van der Waals surface area contributed by atoms with E-state index in [0.717, 1.165) is 69.6 Å². The van der Waals surface area contributed by atoms with Crippen LogP contribution in [0.1, 0.15) is 97.5 Å². The second kappa shape index (κ2) is 14.2. The van der Waals surface area contributed by atoms with Gasteiger partial charge in [-0.1, -0.05) is 47.0 Å². The average molecular weight is 566 g/mol. The van der Waals surface area contributed by atoms with E-state index in [1.54, 1.807) is 0 Å². The van der Waals surface area contributed by atoms with E-state index in [4.69, 9.17) is 5.73 Å². The molecule has 2 fully saturated rings. The minimum atomic E-state index is -4.64. The van der Waals surface area contributed by atoms with Gasteiger partial charge in [0.05, 0.1) is 0 Å². The normalized spacial score (nSPS) is 17.8. The highest BCUT2D eigenvalue weighted by Gasteiger charge is 2.36. The Balaban J connectivity index is 1.79. The minimum absolute atomic E-state index is 0.0976. The zero-order valence-electron chi connectivity index (χ0n) is 24.4. The van der Waals surface area contributed by atoms with Crippen LogP contribution in [0.4, 0.5) is 24.9 Å². The third kappa shape index (κ3) is 9.66. The van der Waals surface area contributed by atoms with Crippen molar-refractivity contribution >= 4 is 23.5 Å². The van der Waals surface area contributed by atoms with Crippen LogP contribution in [0.2, 0.25) is 0 Å². The first-order valence-corrected chi connectivity index (χ1v) is 14.7. The van der Waals surface area contributed by atoms with Crippen molar-refractivity contribution in [1.29, 1.82) is 0 Å². The first kappa shape index (κ1) is 31.7. The number of anilines is 1. The molecule has 11 heteroatoms. The van der Waals surface area contributed by atoms with Crippen LogP contribution in [0.15, 0.2) is 23.0 Å². The molecular weight excluding hydrogens is 519 g/mol. The van der Waals surface area contributed by atoms with E-state index in [-0.39, 0.29) is 36.0 Å². The highest BCUT2D eigenvalue weighted by molar-refractivity contribution is 5.99. The van der Waals surface area contributed by atoms with Crippen molar-refractivity contribution in [1.82, 2.24) is 20.2 Å². The highest BCUT2D eigenvalue weighted by atomic mass is 19.4. The number of aliphatic imine (C=N–C) groups is 1.